The number of allylic oxidation sites excluding steroid dienone is 2. The van der Waals surface area contributed by atoms with E-state index in [-0.39, 0.29) is 24.4 Å². The topological polar surface area (TPSA) is 120 Å². The SMILES string of the molecule is CC1(CN2CCC3(CC2)OCc2c3c(=O)n(CC(N)c3ccccc3)c(=O)n2Cc2c(F)cccc2C(F)(F)F)C=CC=CC1C(=O)O. The quantitative estimate of drug-likeness (QED) is 0.338. The highest BCUT2D eigenvalue weighted by Crippen LogP contribution is 2.44. The second kappa shape index (κ2) is 12.6. The zero-order valence-electron chi connectivity index (χ0n) is 26.3. The fourth-order valence-corrected chi connectivity index (χ4v) is 7.34. The van der Waals surface area contributed by atoms with Gasteiger partial charge in [0.2, 0.25) is 0 Å². The molecule has 0 radical (unpaired) electrons. The molecule has 2 aromatic carbocycles. The Kier molecular flexibility index (Phi) is 8.81. The molecule has 1 spiro atoms. The summed E-state index contributed by atoms with van der Waals surface area (Å²) in [4.78, 5) is 42.3. The van der Waals surface area contributed by atoms with Gasteiger partial charge in [-0.05, 0) is 30.5 Å². The minimum absolute atomic E-state index is 0.109. The van der Waals surface area contributed by atoms with Gasteiger partial charge in [-0.15, -0.1) is 0 Å². The van der Waals surface area contributed by atoms with Crippen LogP contribution in [0.4, 0.5) is 17.6 Å². The highest BCUT2D eigenvalue weighted by atomic mass is 19.4. The molecule has 48 heavy (non-hydrogen) atoms. The number of rotatable bonds is 8. The lowest BCUT2D eigenvalue weighted by molar-refractivity contribution is -0.143. The third kappa shape index (κ3) is 6.06. The van der Waals surface area contributed by atoms with Gasteiger partial charge in [0, 0.05) is 36.7 Å². The minimum atomic E-state index is -4.89. The summed E-state index contributed by atoms with van der Waals surface area (Å²) in [5.74, 6) is -2.79. The standard InChI is InChI=1S/C35H36F4N4O5/c1-33(13-6-5-10-25(33)31(45)46)21-41-16-14-34(15-17-41)29-28(20-48-34)42(18-23-24(35(37,38)39)11-7-12-26(23)36)32(47)43(30(29)44)19-27(40)22-8-3-2-4-9-22/h2-13,25,27H,14-21,40H2,1H3,(H,45,46). The van der Waals surface area contributed by atoms with E-state index in [1.54, 1.807) is 42.5 Å². The second-order valence-corrected chi connectivity index (χ2v) is 13.0. The van der Waals surface area contributed by atoms with E-state index >= 15 is 4.39 Å². The average molecular weight is 669 g/mol. The number of carbonyl (C=O) groups is 1. The molecule has 254 valence electrons. The number of piperidine rings is 1. The van der Waals surface area contributed by atoms with Gasteiger partial charge in [0.05, 0.1) is 42.4 Å². The summed E-state index contributed by atoms with van der Waals surface area (Å²) in [6, 6.07) is 10.6. The van der Waals surface area contributed by atoms with Crippen LogP contribution < -0.4 is 17.0 Å². The Hall–Kier alpha value is -4.33. The maximum atomic E-state index is 15.1. The number of hydrogen-bond acceptors (Lipinski definition) is 6. The van der Waals surface area contributed by atoms with Gasteiger partial charge in [0.25, 0.3) is 5.56 Å². The Morgan fingerprint density at radius 2 is 1.77 bits per heavy atom. The number of nitrogens with two attached hydrogens (primary N) is 1. The summed E-state index contributed by atoms with van der Waals surface area (Å²) in [5, 5.41) is 9.82. The number of benzene rings is 2. The smallest absolute Gasteiger partial charge is 0.416 e. The van der Waals surface area contributed by atoms with E-state index in [2.05, 4.69) is 4.90 Å². The highest BCUT2D eigenvalue weighted by molar-refractivity contribution is 5.74. The van der Waals surface area contributed by atoms with Crippen molar-refractivity contribution in [1.82, 2.24) is 14.0 Å². The van der Waals surface area contributed by atoms with Crippen molar-refractivity contribution in [3.63, 3.8) is 0 Å². The molecule has 2 aliphatic heterocycles. The maximum absolute atomic E-state index is 15.1. The monoisotopic (exact) mass is 668 g/mol. The number of halogens is 4. The molecule has 3 atom stereocenters. The average Bonchev–Trinajstić information content (AvgIpc) is 3.41. The molecule has 3 aliphatic rings. The third-order valence-electron chi connectivity index (χ3n) is 9.92. The Labute approximate surface area is 273 Å². The van der Waals surface area contributed by atoms with Crippen LogP contribution in [0.1, 0.15) is 53.8 Å². The summed E-state index contributed by atoms with van der Waals surface area (Å²) in [6.07, 6.45) is 2.79. The van der Waals surface area contributed by atoms with E-state index in [9.17, 15) is 32.7 Å². The number of aromatic nitrogens is 2. The van der Waals surface area contributed by atoms with Crippen LogP contribution in [0, 0.1) is 17.2 Å². The normalized spacial score (nSPS) is 22.6. The van der Waals surface area contributed by atoms with Crippen LogP contribution in [-0.4, -0.2) is 44.7 Å². The van der Waals surface area contributed by atoms with Gasteiger partial charge in [-0.3, -0.25) is 18.7 Å². The van der Waals surface area contributed by atoms with Crippen LogP contribution in [0.2, 0.25) is 0 Å². The first-order valence-corrected chi connectivity index (χ1v) is 15.7. The van der Waals surface area contributed by atoms with Gasteiger partial charge in [0.1, 0.15) is 11.4 Å². The molecule has 3 aromatic rings. The number of ether oxygens (including phenoxy) is 1. The number of likely N-dealkylation sites (tertiary alicyclic amines) is 1. The van der Waals surface area contributed by atoms with Gasteiger partial charge >= 0.3 is 17.8 Å². The largest absolute Gasteiger partial charge is 0.481 e. The van der Waals surface area contributed by atoms with E-state index in [4.69, 9.17) is 10.5 Å². The maximum Gasteiger partial charge on any atom is 0.416 e. The molecular weight excluding hydrogens is 632 g/mol. The molecule has 1 aromatic heterocycles. The predicted octanol–water partition coefficient (Wildman–Crippen LogP) is 4.57. The van der Waals surface area contributed by atoms with Crippen molar-refractivity contribution in [3.8, 4) is 0 Å². The number of nitrogens with zero attached hydrogens (tertiary/aromatic N) is 3. The molecule has 1 aliphatic carbocycles. The number of carboxylic acid groups (broad SMARTS) is 1. The molecule has 6 rings (SSSR count). The van der Waals surface area contributed by atoms with Crippen LogP contribution in [0.15, 0.2) is 82.4 Å². The lowest BCUT2D eigenvalue weighted by atomic mass is 9.73. The lowest BCUT2D eigenvalue weighted by Crippen LogP contribution is -2.51. The predicted molar refractivity (Wildman–Crippen MR) is 168 cm³/mol. The van der Waals surface area contributed by atoms with E-state index in [1.165, 1.54) is 0 Å². The summed E-state index contributed by atoms with van der Waals surface area (Å²) in [6.45, 7) is 1.88. The summed E-state index contributed by atoms with van der Waals surface area (Å²) < 4.78 is 65.3. The van der Waals surface area contributed by atoms with Crippen molar-refractivity contribution in [2.75, 3.05) is 19.6 Å². The van der Waals surface area contributed by atoms with Crippen molar-refractivity contribution in [1.29, 1.82) is 0 Å². The van der Waals surface area contributed by atoms with Crippen molar-refractivity contribution >= 4 is 5.97 Å². The molecule has 3 heterocycles. The first-order valence-electron chi connectivity index (χ1n) is 15.7. The molecule has 0 amide bonds. The zero-order chi connectivity index (χ0) is 34.4. The van der Waals surface area contributed by atoms with Crippen LogP contribution >= 0.6 is 0 Å². The van der Waals surface area contributed by atoms with Crippen LogP contribution in [0.5, 0.6) is 0 Å². The number of alkyl halides is 3. The van der Waals surface area contributed by atoms with Gasteiger partial charge < -0.3 is 20.5 Å². The molecule has 3 unspecified atom stereocenters. The van der Waals surface area contributed by atoms with Crippen LogP contribution in [-0.2, 0) is 41.0 Å². The van der Waals surface area contributed by atoms with E-state index < -0.39 is 69.9 Å². The third-order valence-corrected chi connectivity index (χ3v) is 9.92. The lowest BCUT2D eigenvalue weighted by Gasteiger charge is -2.43. The number of fused-ring (bicyclic) bond motifs is 2. The molecule has 0 saturated carbocycles. The van der Waals surface area contributed by atoms with Gasteiger partial charge in [-0.1, -0.05) is 67.6 Å². The molecular formula is C35H36F4N4O5. The summed E-state index contributed by atoms with van der Waals surface area (Å²) >= 11 is 0. The molecule has 1 fully saturated rings. The van der Waals surface area contributed by atoms with Crippen molar-refractivity contribution in [2.45, 2.75) is 57.3 Å². The Bertz CT molecular complexity index is 1890. The first kappa shape index (κ1) is 33.6. The Morgan fingerprint density at radius 1 is 1.06 bits per heavy atom. The second-order valence-electron chi connectivity index (χ2n) is 13.0. The van der Waals surface area contributed by atoms with E-state index in [0.717, 1.165) is 27.3 Å². The van der Waals surface area contributed by atoms with Crippen molar-refractivity contribution < 1.29 is 32.2 Å². The highest BCUT2D eigenvalue weighted by Gasteiger charge is 2.48. The van der Waals surface area contributed by atoms with Crippen LogP contribution in [0.25, 0.3) is 0 Å². The molecule has 9 nitrogen and oxygen atoms in total. The number of aliphatic carboxylic acids is 1. The van der Waals surface area contributed by atoms with E-state index in [1.807, 2.05) is 19.1 Å². The minimum Gasteiger partial charge on any atom is -0.481 e. The van der Waals surface area contributed by atoms with Crippen molar-refractivity contribution in [2.24, 2.45) is 17.1 Å². The molecule has 0 bridgehead atoms. The van der Waals surface area contributed by atoms with Crippen LogP contribution in [0.3, 0.4) is 0 Å². The van der Waals surface area contributed by atoms with Crippen molar-refractivity contribution in [3.05, 3.63) is 127 Å². The number of hydrogen-bond donors (Lipinski definition) is 2. The Balaban J connectivity index is 1.39. The number of carboxylic acids is 1. The summed E-state index contributed by atoms with van der Waals surface area (Å²) in [7, 11) is 0. The van der Waals surface area contributed by atoms with Gasteiger partial charge in [-0.25, -0.2) is 9.18 Å². The Morgan fingerprint density at radius 3 is 2.44 bits per heavy atom. The first-order chi connectivity index (χ1) is 22.7. The van der Waals surface area contributed by atoms with E-state index in [0.29, 0.717) is 38.0 Å². The van der Waals surface area contributed by atoms with Gasteiger partial charge in [0.15, 0.2) is 0 Å². The zero-order valence-corrected chi connectivity index (χ0v) is 26.3. The van der Waals surface area contributed by atoms with Gasteiger partial charge in [-0.2, -0.15) is 13.2 Å². The molecule has 3 N–H and O–H groups in total. The fraction of sp³-hybridized carbons (Fsp3) is 0.400. The fourth-order valence-electron chi connectivity index (χ4n) is 7.34. The summed E-state index contributed by atoms with van der Waals surface area (Å²) in [5.41, 5.74) is 1.99. The molecule has 1 saturated heterocycles. The molecule has 13 heteroatoms.